The molecule has 1 saturated heterocycles. The summed E-state index contributed by atoms with van der Waals surface area (Å²) in [5.74, 6) is -0.390. The van der Waals surface area contributed by atoms with E-state index < -0.39 is 11.9 Å². The van der Waals surface area contributed by atoms with Gasteiger partial charge < -0.3 is 35.2 Å². The predicted octanol–water partition coefficient (Wildman–Crippen LogP) is 4.51. The standard InChI is InChI=1S/C19H24O4.C8H6O4.C6H11NO/c1-19(2,15-3-7-17(8-4-15)22-13-11-20)16-5-9-18(10-6-16)23-14-12-21;9-7(10)5-1-2-6(4-3-5)8(11)12;8-6-4-2-1-3-5-7-6/h3-10,20-21H,11-14H2,1-2H3;1-4H,(H,9,10)(H,11,12);1-5H2,(H,7,8). The van der Waals surface area contributed by atoms with Gasteiger partial charge in [-0.3, -0.25) is 4.79 Å². The van der Waals surface area contributed by atoms with Crippen LogP contribution >= 0.6 is 0 Å². The fourth-order valence-corrected chi connectivity index (χ4v) is 4.09. The van der Waals surface area contributed by atoms with Crippen LogP contribution in [0.1, 0.15) is 71.4 Å². The second kappa shape index (κ2) is 18.2. The number of ether oxygens (including phenoxy) is 2. The number of carboxylic acid groups (broad SMARTS) is 2. The third kappa shape index (κ3) is 12.2. The second-order valence-corrected chi connectivity index (χ2v) is 10.2. The van der Waals surface area contributed by atoms with Crippen LogP contribution in [0.25, 0.3) is 0 Å². The molecule has 1 fully saturated rings. The van der Waals surface area contributed by atoms with Gasteiger partial charge in [-0.15, -0.1) is 0 Å². The Balaban J connectivity index is 0.000000266. The third-order valence-electron chi connectivity index (χ3n) is 6.65. The van der Waals surface area contributed by atoms with E-state index in [1.807, 2.05) is 48.5 Å². The molecule has 1 amide bonds. The molecule has 0 atom stereocenters. The van der Waals surface area contributed by atoms with Crippen LogP contribution in [0.15, 0.2) is 72.8 Å². The fourth-order valence-electron chi connectivity index (χ4n) is 4.09. The molecule has 4 rings (SSSR count). The van der Waals surface area contributed by atoms with E-state index in [0.29, 0.717) is 13.2 Å². The summed E-state index contributed by atoms with van der Waals surface area (Å²) in [6, 6.07) is 20.9. The Labute approximate surface area is 251 Å². The summed E-state index contributed by atoms with van der Waals surface area (Å²) >= 11 is 0. The van der Waals surface area contributed by atoms with Gasteiger partial charge in [0.2, 0.25) is 5.91 Å². The highest BCUT2D eigenvalue weighted by Gasteiger charge is 2.23. The maximum Gasteiger partial charge on any atom is 0.335 e. The molecule has 1 heterocycles. The van der Waals surface area contributed by atoms with E-state index in [-0.39, 0.29) is 35.7 Å². The average molecular weight is 596 g/mol. The number of aliphatic hydroxyl groups excluding tert-OH is 2. The van der Waals surface area contributed by atoms with Crippen LogP contribution in [0, 0.1) is 0 Å². The van der Waals surface area contributed by atoms with Crippen molar-refractivity contribution in [1.29, 1.82) is 0 Å². The zero-order valence-corrected chi connectivity index (χ0v) is 24.6. The lowest BCUT2D eigenvalue weighted by Crippen LogP contribution is -2.21. The molecule has 232 valence electrons. The summed E-state index contributed by atoms with van der Waals surface area (Å²) in [6.45, 7) is 5.85. The zero-order valence-electron chi connectivity index (χ0n) is 24.6. The molecule has 1 aliphatic heterocycles. The monoisotopic (exact) mass is 595 g/mol. The number of rotatable bonds is 10. The highest BCUT2D eigenvalue weighted by atomic mass is 16.5. The number of carbonyl (C=O) groups is 3. The number of amides is 1. The lowest BCUT2D eigenvalue weighted by Gasteiger charge is -2.26. The lowest BCUT2D eigenvalue weighted by molar-refractivity contribution is -0.120. The summed E-state index contributed by atoms with van der Waals surface area (Å²) in [5, 5.41) is 37.3. The van der Waals surface area contributed by atoms with E-state index in [0.717, 1.165) is 37.3 Å². The number of nitrogens with one attached hydrogen (secondary N) is 1. The number of aliphatic hydroxyl groups is 2. The SMILES string of the molecule is CC(C)(c1ccc(OCCO)cc1)c1ccc(OCCO)cc1.O=C(O)c1ccc(C(=O)O)cc1.O=C1CCCCCN1. The van der Waals surface area contributed by atoms with Crippen molar-refractivity contribution in [3.05, 3.63) is 95.1 Å². The van der Waals surface area contributed by atoms with Crippen molar-refractivity contribution in [3.63, 3.8) is 0 Å². The van der Waals surface area contributed by atoms with Crippen molar-refractivity contribution in [1.82, 2.24) is 5.32 Å². The summed E-state index contributed by atoms with van der Waals surface area (Å²) in [4.78, 5) is 31.2. The minimum Gasteiger partial charge on any atom is -0.491 e. The molecule has 0 unspecified atom stereocenters. The molecule has 0 aliphatic carbocycles. The topological polar surface area (TPSA) is 163 Å². The number of benzene rings is 3. The Morgan fingerprint density at radius 3 is 1.49 bits per heavy atom. The molecular formula is C33H41NO9. The van der Waals surface area contributed by atoms with Gasteiger partial charge >= 0.3 is 11.9 Å². The summed E-state index contributed by atoms with van der Waals surface area (Å²) in [5.41, 5.74) is 2.38. The van der Waals surface area contributed by atoms with E-state index in [1.165, 1.54) is 41.8 Å². The summed E-state index contributed by atoms with van der Waals surface area (Å²) < 4.78 is 10.8. The van der Waals surface area contributed by atoms with Crippen LogP contribution in [0.3, 0.4) is 0 Å². The van der Waals surface area contributed by atoms with Crippen molar-refractivity contribution in [2.45, 2.75) is 44.9 Å². The van der Waals surface area contributed by atoms with Crippen LogP contribution in [-0.4, -0.2) is 71.2 Å². The predicted molar refractivity (Wildman–Crippen MR) is 162 cm³/mol. The molecule has 1 aliphatic rings. The van der Waals surface area contributed by atoms with Gasteiger partial charge in [0, 0.05) is 18.4 Å². The Morgan fingerprint density at radius 2 is 1.12 bits per heavy atom. The molecule has 0 radical (unpaired) electrons. The number of aromatic carboxylic acids is 2. The Morgan fingerprint density at radius 1 is 0.698 bits per heavy atom. The van der Waals surface area contributed by atoms with Crippen LogP contribution < -0.4 is 14.8 Å². The van der Waals surface area contributed by atoms with E-state index in [4.69, 9.17) is 29.9 Å². The van der Waals surface area contributed by atoms with Crippen molar-refractivity contribution < 1.29 is 44.3 Å². The van der Waals surface area contributed by atoms with E-state index >= 15 is 0 Å². The van der Waals surface area contributed by atoms with Crippen molar-refractivity contribution in [2.75, 3.05) is 33.0 Å². The van der Waals surface area contributed by atoms with Gasteiger partial charge in [0.15, 0.2) is 0 Å². The molecule has 3 aromatic carbocycles. The van der Waals surface area contributed by atoms with Gasteiger partial charge in [-0.25, -0.2) is 9.59 Å². The highest BCUT2D eigenvalue weighted by molar-refractivity contribution is 5.91. The molecule has 43 heavy (non-hydrogen) atoms. The van der Waals surface area contributed by atoms with Gasteiger partial charge in [-0.05, 0) is 72.5 Å². The first-order valence-electron chi connectivity index (χ1n) is 14.1. The minimum absolute atomic E-state index is 0.0119. The molecule has 0 saturated carbocycles. The van der Waals surface area contributed by atoms with Gasteiger partial charge in [0.1, 0.15) is 24.7 Å². The number of carboxylic acids is 2. The first kappa shape index (κ1) is 34.8. The Bertz CT molecular complexity index is 1170. The normalized spacial score (nSPS) is 12.7. The van der Waals surface area contributed by atoms with Crippen LogP contribution in [0.2, 0.25) is 0 Å². The zero-order chi connectivity index (χ0) is 31.7. The molecule has 3 aromatic rings. The largest absolute Gasteiger partial charge is 0.491 e. The van der Waals surface area contributed by atoms with Gasteiger partial charge in [0.05, 0.1) is 24.3 Å². The first-order chi connectivity index (χ1) is 20.6. The maximum absolute atomic E-state index is 10.6. The third-order valence-corrected chi connectivity index (χ3v) is 6.65. The fraction of sp³-hybridized carbons (Fsp3) is 0.364. The Kier molecular flexibility index (Phi) is 14.7. The molecule has 10 nitrogen and oxygen atoms in total. The molecule has 0 aromatic heterocycles. The van der Waals surface area contributed by atoms with E-state index in [9.17, 15) is 14.4 Å². The molecule has 0 bridgehead atoms. The van der Waals surface area contributed by atoms with Crippen molar-refractivity contribution in [3.8, 4) is 11.5 Å². The van der Waals surface area contributed by atoms with Crippen LogP contribution in [0.5, 0.6) is 11.5 Å². The lowest BCUT2D eigenvalue weighted by atomic mass is 9.78. The van der Waals surface area contributed by atoms with Crippen LogP contribution in [0.4, 0.5) is 0 Å². The Hall–Kier alpha value is -4.41. The average Bonchev–Trinajstić information content (AvgIpc) is 3.27. The van der Waals surface area contributed by atoms with Gasteiger partial charge in [-0.1, -0.05) is 44.5 Å². The molecular weight excluding hydrogens is 554 g/mol. The molecule has 0 spiro atoms. The number of hydrogen-bond acceptors (Lipinski definition) is 7. The smallest absolute Gasteiger partial charge is 0.335 e. The summed E-state index contributed by atoms with van der Waals surface area (Å²) in [7, 11) is 0. The number of hydrogen-bond donors (Lipinski definition) is 5. The molecule has 10 heteroatoms. The molecule has 5 N–H and O–H groups in total. The second-order valence-electron chi connectivity index (χ2n) is 10.2. The summed E-state index contributed by atoms with van der Waals surface area (Å²) in [6.07, 6.45) is 4.18. The van der Waals surface area contributed by atoms with Gasteiger partial charge in [0.25, 0.3) is 0 Å². The van der Waals surface area contributed by atoms with Crippen molar-refractivity contribution in [2.24, 2.45) is 0 Å². The highest BCUT2D eigenvalue weighted by Crippen LogP contribution is 2.33. The van der Waals surface area contributed by atoms with Gasteiger partial charge in [-0.2, -0.15) is 0 Å². The van der Waals surface area contributed by atoms with Crippen molar-refractivity contribution >= 4 is 17.8 Å². The van der Waals surface area contributed by atoms with E-state index in [2.05, 4.69) is 19.2 Å². The van der Waals surface area contributed by atoms with Crippen LogP contribution in [-0.2, 0) is 10.2 Å². The minimum atomic E-state index is -1.06. The first-order valence-corrected chi connectivity index (χ1v) is 14.1. The maximum atomic E-state index is 10.6. The quantitative estimate of drug-likeness (QED) is 0.227. The number of carbonyl (C=O) groups excluding carboxylic acids is 1. The van der Waals surface area contributed by atoms with E-state index in [1.54, 1.807) is 0 Å².